The second-order valence-electron chi connectivity index (χ2n) is 14.8. The van der Waals surface area contributed by atoms with Gasteiger partial charge >= 0.3 is 0 Å². The first-order valence-corrected chi connectivity index (χ1v) is 19.5. The summed E-state index contributed by atoms with van der Waals surface area (Å²) in [6, 6.07) is 60.9. The highest BCUT2D eigenvalue weighted by atomic mass is 16.5. The summed E-state index contributed by atoms with van der Waals surface area (Å²) in [5.41, 5.74) is 13.3. The van der Waals surface area contributed by atoms with E-state index >= 15 is 0 Å². The van der Waals surface area contributed by atoms with Gasteiger partial charge < -0.3 is 4.74 Å². The molecule has 0 N–H and O–H groups in total. The summed E-state index contributed by atoms with van der Waals surface area (Å²) in [6.07, 6.45) is 5.96. The number of ether oxygens (including phenoxy) is 1. The van der Waals surface area contributed by atoms with E-state index in [0.29, 0.717) is 5.82 Å². The predicted octanol–water partition coefficient (Wildman–Crippen LogP) is 13.9. The molecular weight excluding hydrogens is 693 g/mol. The Bertz CT molecular complexity index is 3040. The SMILES string of the molecule is C=Cc1nc(-c2ccc3c(c2)C2(c4ccccc4-3)c3ccc4ccccc4c3Oc3c2ccc2ccccc32)nc(-c2ccc(-c3ccccc3)cc2)c1/C=C\C. The minimum atomic E-state index is -0.666. The second-order valence-corrected chi connectivity index (χ2v) is 14.8. The Hall–Kier alpha value is -7.36. The van der Waals surface area contributed by atoms with E-state index in [0.717, 1.165) is 77.8 Å². The summed E-state index contributed by atoms with van der Waals surface area (Å²) < 4.78 is 7.16. The molecule has 0 saturated carbocycles. The lowest BCUT2D eigenvalue weighted by atomic mass is 9.65. The molecule has 1 aliphatic heterocycles. The number of fused-ring (bicyclic) bond motifs is 13. The maximum Gasteiger partial charge on any atom is 0.160 e. The molecule has 1 aromatic heterocycles. The third-order valence-electron chi connectivity index (χ3n) is 11.8. The lowest BCUT2D eigenvalue weighted by Gasteiger charge is -2.40. The maximum absolute atomic E-state index is 7.16. The molecule has 8 aromatic carbocycles. The Morgan fingerprint density at radius 2 is 1.09 bits per heavy atom. The zero-order valence-electron chi connectivity index (χ0n) is 31.4. The first kappa shape index (κ1) is 33.0. The highest BCUT2D eigenvalue weighted by Crippen LogP contribution is 2.64. The number of hydrogen-bond donors (Lipinski definition) is 0. The fourth-order valence-electron chi connectivity index (χ4n) is 9.32. The van der Waals surface area contributed by atoms with Gasteiger partial charge in [-0.3, -0.25) is 0 Å². The van der Waals surface area contributed by atoms with E-state index in [2.05, 4.69) is 176 Å². The van der Waals surface area contributed by atoms with Crippen LogP contribution in [0, 0.1) is 0 Å². The van der Waals surface area contributed by atoms with Gasteiger partial charge in [-0.05, 0) is 63.2 Å². The predicted molar refractivity (Wildman–Crippen MR) is 236 cm³/mol. The topological polar surface area (TPSA) is 35.0 Å². The zero-order valence-corrected chi connectivity index (χ0v) is 31.4. The molecule has 3 heteroatoms. The standard InChI is InChI=1S/C54H36N2O/c1-3-14-44-49(4-2)55-53(56-50(44)38-25-23-35(24-26-38)34-15-6-5-7-16-34)39-27-30-43-42-21-12-13-22-45(42)54(48(43)33-39)46-31-28-36-17-8-10-19-40(36)51(46)57-52-41-20-11-9-18-37(41)29-32-47(52)54/h3-33H,2H2,1H3/b14-3-. The number of rotatable bonds is 5. The van der Waals surface area contributed by atoms with E-state index in [1.165, 1.54) is 27.8 Å². The molecule has 268 valence electrons. The van der Waals surface area contributed by atoms with Crippen LogP contribution in [-0.2, 0) is 5.41 Å². The normalized spacial score (nSPS) is 13.3. The number of hydrogen-bond acceptors (Lipinski definition) is 3. The summed E-state index contributed by atoms with van der Waals surface area (Å²) in [7, 11) is 0. The number of benzene rings is 8. The van der Waals surface area contributed by atoms with Crippen LogP contribution in [0.15, 0.2) is 183 Å². The Kier molecular flexibility index (Phi) is 7.45. The second kappa shape index (κ2) is 12.9. The quantitative estimate of drug-likeness (QED) is 0.177. The van der Waals surface area contributed by atoms with E-state index in [4.69, 9.17) is 14.7 Å². The van der Waals surface area contributed by atoms with Crippen molar-refractivity contribution in [1.29, 1.82) is 0 Å². The van der Waals surface area contributed by atoms with E-state index in [1.54, 1.807) is 0 Å². The van der Waals surface area contributed by atoms with Crippen LogP contribution in [0.2, 0.25) is 0 Å². The molecular formula is C54H36N2O. The number of allylic oxidation sites excluding steroid dienone is 1. The molecule has 0 atom stereocenters. The molecule has 0 bridgehead atoms. The fraction of sp³-hybridized carbons (Fsp3) is 0.0370. The van der Waals surface area contributed by atoms with Crippen molar-refractivity contribution in [2.24, 2.45) is 0 Å². The molecule has 0 radical (unpaired) electrons. The first-order chi connectivity index (χ1) is 28.2. The van der Waals surface area contributed by atoms with Gasteiger partial charge in [0, 0.05) is 38.6 Å². The molecule has 3 nitrogen and oxygen atoms in total. The van der Waals surface area contributed by atoms with Crippen molar-refractivity contribution < 1.29 is 4.74 Å². The van der Waals surface area contributed by atoms with Crippen LogP contribution in [0.1, 0.15) is 40.4 Å². The Labute approximate surface area is 331 Å². The average Bonchev–Trinajstić information content (AvgIpc) is 3.56. The van der Waals surface area contributed by atoms with Crippen LogP contribution in [-0.4, -0.2) is 9.97 Å². The van der Waals surface area contributed by atoms with Crippen LogP contribution in [0.5, 0.6) is 11.5 Å². The minimum absolute atomic E-state index is 0.652. The Morgan fingerprint density at radius 1 is 0.509 bits per heavy atom. The van der Waals surface area contributed by atoms with E-state index in [-0.39, 0.29) is 0 Å². The minimum Gasteiger partial charge on any atom is -0.455 e. The Morgan fingerprint density at radius 3 is 1.77 bits per heavy atom. The molecule has 9 aromatic rings. The molecule has 57 heavy (non-hydrogen) atoms. The van der Waals surface area contributed by atoms with Crippen LogP contribution in [0.3, 0.4) is 0 Å². The largest absolute Gasteiger partial charge is 0.455 e. The van der Waals surface area contributed by atoms with Gasteiger partial charge in [-0.25, -0.2) is 9.97 Å². The molecule has 1 aliphatic carbocycles. The summed E-state index contributed by atoms with van der Waals surface area (Å²) in [5, 5.41) is 4.48. The van der Waals surface area contributed by atoms with E-state index in [9.17, 15) is 0 Å². The Balaban J connectivity index is 1.18. The van der Waals surface area contributed by atoms with Crippen molar-refractivity contribution in [2.45, 2.75) is 12.3 Å². The monoisotopic (exact) mass is 728 g/mol. The lowest BCUT2D eigenvalue weighted by Crippen LogP contribution is -2.32. The summed E-state index contributed by atoms with van der Waals surface area (Å²) in [4.78, 5) is 10.6. The van der Waals surface area contributed by atoms with Gasteiger partial charge in [-0.2, -0.15) is 0 Å². The third-order valence-corrected chi connectivity index (χ3v) is 11.8. The highest BCUT2D eigenvalue weighted by molar-refractivity contribution is 6.00. The van der Waals surface area contributed by atoms with Gasteiger partial charge in [-0.15, -0.1) is 0 Å². The van der Waals surface area contributed by atoms with Crippen molar-refractivity contribution in [1.82, 2.24) is 9.97 Å². The van der Waals surface area contributed by atoms with Gasteiger partial charge in [0.25, 0.3) is 0 Å². The first-order valence-electron chi connectivity index (χ1n) is 19.5. The van der Waals surface area contributed by atoms with Crippen LogP contribution in [0.4, 0.5) is 0 Å². The molecule has 0 amide bonds. The van der Waals surface area contributed by atoms with Gasteiger partial charge in [0.05, 0.1) is 16.8 Å². The summed E-state index contributed by atoms with van der Waals surface area (Å²) in [6.45, 7) is 6.24. The lowest BCUT2D eigenvalue weighted by molar-refractivity contribution is 0.447. The van der Waals surface area contributed by atoms with E-state index in [1.807, 2.05) is 25.1 Å². The van der Waals surface area contributed by atoms with Crippen LogP contribution < -0.4 is 4.74 Å². The van der Waals surface area contributed by atoms with Gasteiger partial charge in [0.1, 0.15) is 11.5 Å². The molecule has 0 fully saturated rings. The smallest absolute Gasteiger partial charge is 0.160 e. The molecule has 1 spiro atoms. The van der Waals surface area contributed by atoms with Crippen molar-refractivity contribution in [3.8, 4) is 56.4 Å². The van der Waals surface area contributed by atoms with Crippen molar-refractivity contribution in [3.05, 3.63) is 216 Å². The highest BCUT2D eigenvalue weighted by Gasteiger charge is 2.52. The maximum atomic E-state index is 7.16. The fourth-order valence-corrected chi connectivity index (χ4v) is 9.32. The van der Waals surface area contributed by atoms with E-state index < -0.39 is 5.41 Å². The summed E-state index contributed by atoms with van der Waals surface area (Å²) in [5.74, 6) is 2.44. The molecule has 2 heterocycles. The molecule has 0 saturated heterocycles. The van der Waals surface area contributed by atoms with Gasteiger partial charge in [0.2, 0.25) is 0 Å². The van der Waals surface area contributed by atoms with Crippen molar-refractivity contribution >= 4 is 33.7 Å². The molecule has 2 aliphatic rings. The van der Waals surface area contributed by atoms with Crippen molar-refractivity contribution in [2.75, 3.05) is 0 Å². The zero-order chi connectivity index (χ0) is 38.1. The number of nitrogens with zero attached hydrogens (tertiary/aromatic N) is 2. The number of aromatic nitrogens is 2. The van der Waals surface area contributed by atoms with Gasteiger partial charge in [0.15, 0.2) is 5.82 Å². The third kappa shape index (κ3) is 4.85. The van der Waals surface area contributed by atoms with Crippen LogP contribution >= 0.6 is 0 Å². The van der Waals surface area contributed by atoms with Crippen molar-refractivity contribution in [3.63, 3.8) is 0 Å². The molecule has 11 rings (SSSR count). The average molecular weight is 729 g/mol. The van der Waals surface area contributed by atoms with Crippen LogP contribution in [0.25, 0.3) is 78.6 Å². The summed E-state index contributed by atoms with van der Waals surface area (Å²) >= 11 is 0. The van der Waals surface area contributed by atoms with Gasteiger partial charge in [-0.1, -0.05) is 183 Å². The molecule has 0 unspecified atom stereocenters.